The highest BCUT2D eigenvalue weighted by atomic mass is 35.5. The van der Waals surface area contributed by atoms with Gasteiger partial charge in [0.05, 0.1) is 16.5 Å². The molecule has 1 N–H and O–H groups in total. The molecule has 1 atom stereocenters. The zero-order valence-electron chi connectivity index (χ0n) is 16.5. The molecule has 0 aliphatic heterocycles. The standard InChI is InChI=1S/C23H16ClN3O3S/c1-11-2-4-15-18(6-11)31-22-19(15)23(30)27-10-13(7-12(9-25)21(27)26-22)20(29)16-8-14(24)3-5-17(16)28/h3,5,7-8,10-11,28H,2,4,6H2,1H3. The number of thiophene rings is 1. The van der Waals surface area contributed by atoms with Crippen LogP contribution in [0.3, 0.4) is 0 Å². The number of phenolic OH excluding ortho intramolecular Hbond substituents is 1. The first kappa shape index (κ1) is 19.7. The molecule has 31 heavy (non-hydrogen) atoms. The van der Waals surface area contributed by atoms with Gasteiger partial charge in [0, 0.05) is 21.7 Å². The molecule has 6 nitrogen and oxygen atoms in total. The Kier molecular flexibility index (Phi) is 4.58. The van der Waals surface area contributed by atoms with Gasteiger partial charge < -0.3 is 5.11 Å². The molecular weight excluding hydrogens is 434 g/mol. The van der Waals surface area contributed by atoms with Crippen LogP contribution in [0, 0.1) is 17.2 Å². The average molecular weight is 450 g/mol. The molecule has 0 amide bonds. The predicted molar refractivity (Wildman–Crippen MR) is 119 cm³/mol. The maximum Gasteiger partial charge on any atom is 0.266 e. The molecule has 0 saturated heterocycles. The third kappa shape index (κ3) is 3.11. The number of aromatic nitrogens is 2. The summed E-state index contributed by atoms with van der Waals surface area (Å²) in [4.78, 5) is 32.9. The first-order chi connectivity index (χ1) is 14.9. The van der Waals surface area contributed by atoms with Crippen LogP contribution in [0.2, 0.25) is 5.02 Å². The average Bonchev–Trinajstić information content (AvgIpc) is 3.12. The summed E-state index contributed by atoms with van der Waals surface area (Å²) in [5.41, 5.74) is 1.19. The van der Waals surface area contributed by atoms with E-state index in [2.05, 4.69) is 11.9 Å². The van der Waals surface area contributed by atoms with E-state index in [9.17, 15) is 20.0 Å². The van der Waals surface area contributed by atoms with Crippen molar-refractivity contribution in [3.8, 4) is 11.8 Å². The molecule has 1 aliphatic rings. The fourth-order valence-electron chi connectivity index (χ4n) is 4.16. The number of nitriles is 1. The van der Waals surface area contributed by atoms with E-state index < -0.39 is 5.78 Å². The lowest BCUT2D eigenvalue weighted by Gasteiger charge is -2.17. The Balaban J connectivity index is 1.78. The highest BCUT2D eigenvalue weighted by Crippen LogP contribution is 2.36. The minimum Gasteiger partial charge on any atom is -0.507 e. The van der Waals surface area contributed by atoms with E-state index in [-0.39, 0.29) is 33.6 Å². The van der Waals surface area contributed by atoms with E-state index >= 15 is 0 Å². The Morgan fingerprint density at radius 2 is 2.19 bits per heavy atom. The SMILES string of the molecule is CC1CCc2c(sc3nc4c(C#N)cc(C(=O)c5cc(Cl)ccc5O)cn4c(=O)c23)C1. The summed E-state index contributed by atoms with van der Waals surface area (Å²) in [6.07, 6.45) is 4.14. The van der Waals surface area contributed by atoms with Gasteiger partial charge in [-0.3, -0.25) is 14.0 Å². The van der Waals surface area contributed by atoms with Crippen molar-refractivity contribution in [1.29, 1.82) is 5.26 Å². The van der Waals surface area contributed by atoms with Crippen molar-refractivity contribution in [1.82, 2.24) is 9.38 Å². The third-order valence-corrected chi connectivity index (χ3v) is 7.14. The molecule has 4 aromatic rings. The van der Waals surface area contributed by atoms with Crippen molar-refractivity contribution in [2.45, 2.75) is 26.2 Å². The Morgan fingerprint density at radius 3 is 2.97 bits per heavy atom. The van der Waals surface area contributed by atoms with Gasteiger partial charge in [0.15, 0.2) is 11.4 Å². The van der Waals surface area contributed by atoms with Crippen LogP contribution in [0.5, 0.6) is 5.75 Å². The van der Waals surface area contributed by atoms with Crippen molar-refractivity contribution in [2.24, 2.45) is 5.92 Å². The number of phenols is 1. The number of rotatable bonds is 2. The van der Waals surface area contributed by atoms with Gasteiger partial charge in [0.1, 0.15) is 16.6 Å². The number of ketones is 1. The highest BCUT2D eigenvalue weighted by molar-refractivity contribution is 7.18. The molecule has 5 rings (SSSR count). The van der Waals surface area contributed by atoms with Gasteiger partial charge in [0.2, 0.25) is 0 Å². The number of nitrogens with zero attached hydrogens (tertiary/aromatic N) is 3. The predicted octanol–water partition coefficient (Wildman–Crippen LogP) is 4.50. The smallest absolute Gasteiger partial charge is 0.266 e. The zero-order valence-corrected chi connectivity index (χ0v) is 18.0. The Morgan fingerprint density at radius 1 is 1.39 bits per heavy atom. The van der Waals surface area contributed by atoms with Gasteiger partial charge in [-0.05, 0) is 55.0 Å². The lowest BCUT2D eigenvalue weighted by atomic mass is 9.89. The zero-order chi connectivity index (χ0) is 21.9. The van der Waals surface area contributed by atoms with E-state index in [1.165, 1.54) is 51.1 Å². The molecular formula is C23H16ClN3O3S. The van der Waals surface area contributed by atoms with Crippen LogP contribution in [0.25, 0.3) is 15.9 Å². The molecule has 0 fully saturated rings. The minimum absolute atomic E-state index is 0.000253. The van der Waals surface area contributed by atoms with Gasteiger partial charge in [-0.25, -0.2) is 4.98 Å². The lowest BCUT2D eigenvalue weighted by molar-refractivity contribution is 0.103. The number of pyridine rings is 1. The molecule has 0 bridgehead atoms. The van der Waals surface area contributed by atoms with Crippen molar-refractivity contribution in [2.75, 3.05) is 0 Å². The first-order valence-corrected chi connectivity index (χ1v) is 11.0. The van der Waals surface area contributed by atoms with Crippen LogP contribution in [0.1, 0.15) is 45.3 Å². The number of halogens is 1. The van der Waals surface area contributed by atoms with Crippen molar-refractivity contribution >= 4 is 44.6 Å². The second-order valence-corrected chi connectivity index (χ2v) is 9.41. The topological polar surface area (TPSA) is 95.5 Å². The van der Waals surface area contributed by atoms with Gasteiger partial charge in [-0.15, -0.1) is 11.3 Å². The summed E-state index contributed by atoms with van der Waals surface area (Å²) in [5, 5.41) is 20.7. The number of hydrogen-bond donors (Lipinski definition) is 1. The largest absolute Gasteiger partial charge is 0.507 e. The van der Waals surface area contributed by atoms with Gasteiger partial charge in [0.25, 0.3) is 5.56 Å². The third-order valence-electron chi connectivity index (χ3n) is 5.76. The quantitative estimate of drug-likeness (QED) is 0.455. The van der Waals surface area contributed by atoms with Gasteiger partial charge in [-0.2, -0.15) is 5.26 Å². The second-order valence-electron chi connectivity index (χ2n) is 7.89. The Labute approximate surface area is 186 Å². The summed E-state index contributed by atoms with van der Waals surface area (Å²) < 4.78 is 1.28. The number of carbonyl (C=O) groups is 1. The van der Waals surface area contributed by atoms with Crippen molar-refractivity contribution in [3.63, 3.8) is 0 Å². The Hall–Kier alpha value is -3.21. The van der Waals surface area contributed by atoms with E-state index in [0.29, 0.717) is 21.2 Å². The van der Waals surface area contributed by atoms with Crippen LogP contribution in [0.15, 0.2) is 35.3 Å². The summed E-state index contributed by atoms with van der Waals surface area (Å²) in [7, 11) is 0. The molecule has 1 aliphatic carbocycles. The fourth-order valence-corrected chi connectivity index (χ4v) is 5.71. The van der Waals surface area contributed by atoms with Crippen LogP contribution >= 0.6 is 22.9 Å². The van der Waals surface area contributed by atoms with E-state index in [1.54, 1.807) is 0 Å². The molecule has 1 aromatic carbocycles. The van der Waals surface area contributed by atoms with Gasteiger partial charge in [-0.1, -0.05) is 18.5 Å². The number of hydrogen-bond acceptors (Lipinski definition) is 6. The molecule has 3 heterocycles. The number of benzene rings is 1. The molecule has 154 valence electrons. The normalized spacial score (nSPS) is 15.7. The summed E-state index contributed by atoms with van der Waals surface area (Å²) in [5.74, 6) is -0.205. The van der Waals surface area contributed by atoms with E-state index in [0.717, 1.165) is 24.8 Å². The molecule has 1 unspecified atom stereocenters. The summed E-state index contributed by atoms with van der Waals surface area (Å²) in [6.45, 7) is 2.20. The van der Waals surface area contributed by atoms with E-state index in [1.807, 2.05) is 6.07 Å². The molecule has 3 aromatic heterocycles. The highest BCUT2D eigenvalue weighted by Gasteiger charge is 2.25. The van der Waals surface area contributed by atoms with Crippen LogP contribution < -0.4 is 5.56 Å². The van der Waals surface area contributed by atoms with E-state index in [4.69, 9.17) is 11.6 Å². The Bertz CT molecular complexity index is 1510. The minimum atomic E-state index is -0.536. The summed E-state index contributed by atoms with van der Waals surface area (Å²) in [6, 6.07) is 7.60. The maximum absolute atomic E-state index is 13.4. The lowest BCUT2D eigenvalue weighted by Crippen LogP contribution is -2.19. The van der Waals surface area contributed by atoms with Crippen LogP contribution in [-0.4, -0.2) is 20.3 Å². The van der Waals surface area contributed by atoms with Gasteiger partial charge >= 0.3 is 0 Å². The molecule has 0 spiro atoms. The monoisotopic (exact) mass is 449 g/mol. The van der Waals surface area contributed by atoms with Crippen molar-refractivity contribution < 1.29 is 9.90 Å². The van der Waals surface area contributed by atoms with Crippen molar-refractivity contribution in [3.05, 3.63) is 73.0 Å². The number of carbonyl (C=O) groups excluding carboxylic acids is 1. The maximum atomic E-state index is 13.4. The number of fused-ring (bicyclic) bond motifs is 4. The number of aryl methyl sites for hydroxylation is 1. The number of aromatic hydroxyl groups is 1. The van der Waals surface area contributed by atoms with Crippen LogP contribution in [-0.2, 0) is 12.8 Å². The first-order valence-electron chi connectivity index (χ1n) is 9.81. The molecule has 0 radical (unpaired) electrons. The summed E-state index contributed by atoms with van der Waals surface area (Å²) >= 11 is 7.49. The molecule has 0 saturated carbocycles. The molecule has 8 heteroatoms. The second kappa shape index (κ2) is 7.19. The van der Waals surface area contributed by atoms with Crippen LogP contribution in [0.4, 0.5) is 0 Å². The fraction of sp³-hybridized carbons (Fsp3) is 0.217.